The first-order valence-corrected chi connectivity index (χ1v) is 22.7. The minimum Gasteiger partial charge on any atom is -0.309 e. The van der Waals surface area contributed by atoms with Crippen molar-refractivity contribution >= 4 is 43.6 Å². The van der Waals surface area contributed by atoms with Crippen molar-refractivity contribution in [1.29, 1.82) is 26.3 Å². The molecule has 11 rings (SSSR count). The molecule has 0 bridgehead atoms. The molecule has 0 aliphatic rings. The molecule has 0 aliphatic carbocycles. The van der Waals surface area contributed by atoms with Crippen LogP contribution >= 0.6 is 0 Å². The standard InChI is InChI=1S/C61H29F6N7/c62-60(63,64)52-8-5-9-53(61(65,66)67)59(52)47-16-15-44(73-54-10-3-1-6-45(54)50-27-40(13-18-56(50)73)42-22-36(31-69)20-37(23-42)32-70)29-48(47)49-26-35(30-68)12-17-57(49)74-55-11-4-2-7-46(55)51-28-41(14-19-58(51)74)43-24-38(33-71)21-39(25-43)34-72/h1-29H. The van der Waals surface area contributed by atoms with E-state index in [0.29, 0.717) is 73.2 Å². The third-order valence-corrected chi connectivity index (χ3v) is 13.3. The first-order valence-electron chi connectivity index (χ1n) is 22.7. The Kier molecular flexibility index (Phi) is 10.9. The lowest BCUT2D eigenvalue weighted by Gasteiger charge is -2.23. The van der Waals surface area contributed by atoms with Crippen LogP contribution in [0.4, 0.5) is 26.3 Å². The number of para-hydroxylation sites is 2. The summed E-state index contributed by atoms with van der Waals surface area (Å²) in [7, 11) is 0. The molecule has 0 fully saturated rings. The number of nitrogens with zero attached hydrogens (tertiary/aromatic N) is 7. The molecule has 2 aromatic heterocycles. The zero-order valence-corrected chi connectivity index (χ0v) is 38.1. The highest BCUT2D eigenvalue weighted by molar-refractivity contribution is 6.12. The number of halogens is 6. The van der Waals surface area contributed by atoms with Crippen molar-refractivity contribution in [3.05, 3.63) is 215 Å². The van der Waals surface area contributed by atoms with Gasteiger partial charge in [0, 0.05) is 38.4 Å². The van der Waals surface area contributed by atoms with Gasteiger partial charge in [0.15, 0.2) is 0 Å². The van der Waals surface area contributed by atoms with Crippen molar-refractivity contribution in [2.24, 2.45) is 0 Å². The van der Waals surface area contributed by atoms with Crippen molar-refractivity contribution in [2.45, 2.75) is 12.4 Å². The van der Waals surface area contributed by atoms with E-state index in [0.717, 1.165) is 22.2 Å². The Labute approximate surface area is 417 Å². The second kappa shape index (κ2) is 17.5. The smallest absolute Gasteiger partial charge is 0.309 e. The van der Waals surface area contributed by atoms with Gasteiger partial charge in [-0.2, -0.15) is 52.7 Å². The summed E-state index contributed by atoms with van der Waals surface area (Å²) < 4.78 is 95.3. The lowest BCUT2D eigenvalue weighted by atomic mass is 9.86. The van der Waals surface area contributed by atoms with E-state index in [1.54, 1.807) is 48.5 Å². The Bertz CT molecular complexity index is 4330. The van der Waals surface area contributed by atoms with Gasteiger partial charge in [-0.15, -0.1) is 0 Å². The zero-order valence-electron chi connectivity index (χ0n) is 38.1. The van der Waals surface area contributed by atoms with Crippen molar-refractivity contribution < 1.29 is 26.3 Å². The number of rotatable bonds is 6. The van der Waals surface area contributed by atoms with E-state index in [4.69, 9.17) is 0 Å². The zero-order chi connectivity index (χ0) is 51.6. The van der Waals surface area contributed by atoms with Crippen LogP contribution in [-0.4, -0.2) is 9.13 Å². The monoisotopic (exact) mass is 973 g/mol. The van der Waals surface area contributed by atoms with Gasteiger partial charge in [-0.3, -0.25) is 0 Å². The van der Waals surface area contributed by atoms with Crippen molar-refractivity contribution in [2.75, 3.05) is 0 Å². The van der Waals surface area contributed by atoms with Crippen LogP contribution in [0.5, 0.6) is 0 Å². The van der Waals surface area contributed by atoms with Crippen LogP contribution in [-0.2, 0) is 12.4 Å². The van der Waals surface area contributed by atoms with Crippen LogP contribution in [0, 0.1) is 56.7 Å². The van der Waals surface area contributed by atoms with E-state index in [1.165, 1.54) is 36.4 Å². The van der Waals surface area contributed by atoms with Crippen LogP contribution in [0.2, 0.25) is 0 Å². The molecule has 9 aromatic carbocycles. The Morgan fingerprint density at radius 2 is 0.784 bits per heavy atom. The number of nitriles is 5. The van der Waals surface area contributed by atoms with Gasteiger partial charge < -0.3 is 9.13 Å². The molecule has 13 heteroatoms. The summed E-state index contributed by atoms with van der Waals surface area (Å²) in [5.41, 5.74) is 2.62. The molecule has 350 valence electrons. The summed E-state index contributed by atoms with van der Waals surface area (Å²) >= 11 is 0. The maximum Gasteiger partial charge on any atom is 0.417 e. The molecule has 7 nitrogen and oxygen atoms in total. The molecule has 0 spiro atoms. The molecular weight excluding hydrogens is 945 g/mol. The van der Waals surface area contributed by atoms with Crippen LogP contribution in [0.3, 0.4) is 0 Å². The second-order valence-electron chi connectivity index (χ2n) is 17.5. The third kappa shape index (κ3) is 7.69. The van der Waals surface area contributed by atoms with Gasteiger partial charge in [-0.1, -0.05) is 60.7 Å². The van der Waals surface area contributed by atoms with E-state index in [2.05, 4.69) is 30.3 Å². The molecule has 11 aromatic rings. The molecule has 0 aliphatic heterocycles. The summed E-state index contributed by atoms with van der Waals surface area (Å²) in [6.07, 6.45) is -10.5. The van der Waals surface area contributed by atoms with E-state index < -0.39 is 34.6 Å². The largest absolute Gasteiger partial charge is 0.417 e. The number of aromatic nitrogens is 2. The highest BCUT2D eigenvalue weighted by Gasteiger charge is 2.42. The van der Waals surface area contributed by atoms with Crippen LogP contribution < -0.4 is 0 Å². The quantitative estimate of drug-likeness (QED) is 0.153. The van der Waals surface area contributed by atoms with Gasteiger partial charge in [0.1, 0.15) is 0 Å². The topological polar surface area (TPSA) is 129 Å². The molecule has 0 N–H and O–H groups in total. The lowest BCUT2D eigenvalue weighted by Crippen LogP contribution is -2.14. The summed E-state index contributed by atoms with van der Waals surface area (Å²) in [6.45, 7) is 0. The molecular formula is C61H29F6N7. The Morgan fingerprint density at radius 1 is 0.324 bits per heavy atom. The van der Waals surface area contributed by atoms with Gasteiger partial charge in [-0.05, 0) is 149 Å². The fourth-order valence-electron chi connectivity index (χ4n) is 10.1. The van der Waals surface area contributed by atoms with Crippen molar-refractivity contribution in [3.63, 3.8) is 0 Å². The van der Waals surface area contributed by atoms with Crippen molar-refractivity contribution in [3.8, 4) is 86.2 Å². The van der Waals surface area contributed by atoms with E-state index in [9.17, 15) is 26.3 Å². The van der Waals surface area contributed by atoms with Crippen LogP contribution in [0.15, 0.2) is 176 Å². The number of fused-ring (bicyclic) bond motifs is 6. The van der Waals surface area contributed by atoms with Gasteiger partial charge >= 0.3 is 12.4 Å². The predicted octanol–water partition coefficient (Wildman–Crippen LogP) is 15.9. The fraction of sp³-hybridized carbons (Fsp3) is 0.0328. The van der Waals surface area contributed by atoms with Crippen molar-refractivity contribution in [1.82, 2.24) is 9.13 Å². The SMILES string of the molecule is N#Cc1cc(C#N)cc(-c2ccc3c(c2)c2ccccc2n3-c2ccc(-c3c(C(F)(F)F)cccc3C(F)(F)F)c(-c3cc(C#N)ccc3-n3c4ccccc4c4cc(-c5cc(C#N)cc(C#N)c5)ccc43)c2)c1. The minimum absolute atomic E-state index is 0.0448. The first-order chi connectivity index (χ1) is 35.7. The molecule has 0 saturated carbocycles. The highest BCUT2D eigenvalue weighted by atomic mass is 19.4. The lowest BCUT2D eigenvalue weighted by molar-refractivity contribution is -0.142. The van der Waals surface area contributed by atoms with E-state index in [1.807, 2.05) is 81.9 Å². The molecule has 0 unspecified atom stereocenters. The van der Waals surface area contributed by atoms with Gasteiger partial charge in [0.2, 0.25) is 0 Å². The van der Waals surface area contributed by atoms with Gasteiger partial charge in [-0.25, -0.2) is 0 Å². The Balaban J connectivity index is 1.22. The van der Waals surface area contributed by atoms with Crippen LogP contribution in [0.25, 0.3) is 99.5 Å². The molecule has 0 atom stereocenters. The summed E-state index contributed by atoms with van der Waals surface area (Å²) in [4.78, 5) is 0. The molecule has 0 amide bonds. The second-order valence-corrected chi connectivity index (χ2v) is 17.5. The third-order valence-electron chi connectivity index (χ3n) is 13.3. The van der Waals surface area contributed by atoms with Crippen LogP contribution in [0.1, 0.15) is 38.9 Å². The number of hydrogen-bond acceptors (Lipinski definition) is 5. The van der Waals surface area contributed by atoms with E-state index in [-0.39, 0.29) is 38.9 Å². The number of benzene rings is 9. The average molecular weight is 974 g/mol. The number of hydrogen-bond donors (Lipinski definition) is 0. The highest BCUT2D eigenvalue weighted by Crippen LogP contribution is 2.50. The summed E-state index contributed by atoms with van der Waals surface area (Å²) in [5, 5.41) is 52.4. The molecule has 0 radical (unpaired) electrons. The van der Waals surface area contributed by atoms with E-state index >= 15 is 26.3 Å². The predicted molar refractivity (Wildman–Crippen MR) is 270 cm³/mol. The summed E-state index contributed by atoms with van der Waals surface area (Å²) in [6, 6.07) is 56.9. The molecule has 0 saturated heterocycles. The average Bonchev–Trinajstić information content (AvgIpc) is 3.93. The maximum atomic E-state index is 15.3. The normalized spacial score (nSPS) is 11.6. The van der Waals surface area contributed by atoms with Gasteiger partial charge in [0.25, 0.3) is 0 Å². The fourth-order valence-corrected chi connectivity index (χ4v) is 10.1. The Morgan fingerprint density at radius 3 is 1.27 bits per heavy atom. The number of alkyl halides is 6. The minimum atomic E-state index is -5.24. The van der Waals surface area contributed by atoms with Gasteiger partial charge in [0.05, 0.1) is 97.0 Å². The Hall–Kier alpha value is -10.4. The first kappa shape index (κ1) is 46.0. The summed E-state index contributed by atoms with van der Waals surface area (Å²) in [5.74, 6) is 0. The molecule has 74 heavy (non-hydrogen) atoms. The molecule has 2 heterocycles. The maximum absolute atomic E-state index is 15.3.